The highest BCUT2D eigenvalue weighted by molar-refractivity contribution is 6.31. The highest BCUT2D eigenvalue weighted by Crippen LogP contribution is 2.41. The normalized spacial score (nSPS) is 14.2. The number of unbranched alkanes of at least 4 members (excludes halogenated alkanes) is 1. The first-order chi connectivity index (χ1) is 14.2. The molecule has 1 fully saturated rings. The molecule has 3 rings (SSSR count). The maximum absolute atomic E-state index is 9.18. The molecule has 0 atom stereocenters. The molecule has 0 unspecified atom stereocenters. The molecule has 3 N–H and O–H groups in total. The zero-order valence-electron chi connectivity index (χ0n) is 17.2. The van der Waals surface area contributed by atoms with Gasteiger partial charge in [-0.3, -0.25) is 0 Å². The molecule has 0 amide bonds. The van der Waals surface area contributed by atoms with E-state index in [0.29, 0.717) is 0 Å². The number of aliphatic hydroxyl groups excluding tert-OH is 2. The summed E-state index contributed by atoms with van der Waals surface area (Å²) in [6.45, 7) is 3.29. The fraction of sp³-hybridized carbons (Fsp3) is 0.500. The summed E-state index contributed by atoms with van der Waals surface area (Å²) < 4.78 is 0. The van der Waals surface area contributed by atoms with Crippen molar-refractivity contribution in [2.75, 3.05) is 43.1 Å². The minimum Gasteiger partial charge on any atom is -0.396 e. The largest absolute Gasteiger partial charge is 0.396 e. The fourth-order valence-corrected chi connectivity index (χ4v) is 4.28. The number of aryl methyl sites for hydroxylation is 1. The molecule has 2 aromatic carbocycles. The Hall–Kier alpha value is -1.75. The predicted octanol–water partition coefficient (Wildman–Crippen LogP) is 5.11. The van der Waals surface area contributed by atoms with Crippen LogP contribution in [-0.4, -0.2) is 43.1 Å². The zero-order chi connectivity index (χ0) is 20.5. The Bertz CT molecular complexity index is 775. The van der Waals surface area contributed by atoms with Crippen molar-refractivity contribution in [1.29, 1.82) is 0 Å². The predicted molar refractivity (Wildman–Crippen MR) is 123 cm³/mol. The van der Waals surface area contributed by atoms with Crippen molar-refractivity contribution in [3.05, 3.63) is 47.0 Å². The van der Waals surface area contributed by atoms with Gasteiger partial charge in [-0.1, -0.05) is 29.8 Å². The van der Waals surface area contributed by atoms with Gasteiger partial charge in [-0.05, 0) is 74.3 Å². The molecule has 4 nitrogen and oxygen atoms in total. The van der Waals surface area contributed by atoms with Crippen LogP contribution in [0.2, 0.25) is 5.02 Å². The van der Waals surface area contributed by atoms with Crippen LogP contribution in [0.1, 0.15) is 44.1 Å². The van der Waals surface area contributed by atoms with E-state index in [1.807, 2.05) is 6.07 Å². The molecule has 0 spiro atoms. The average Bonchev–Trinajstić information content (AvgIpc) is 2.75. The van der Waals surface area contributed by atoms with Crippen LogP contribution in [0.4, 0.5) is 11.4 Å². The van der Waals surface area contributed by atoms with Crippen LogP contribution in [0, 0.1) is 0 Å². The number of para-hydroxylation sites is 1. The smallest absolute Gasteiger partial charge is 0.0681 e. The van der Waals surface area contributed by atoms with Gasteiger partial charge >= 0.3 is 0 Å². The van der Waals surface area contributed by atoms with Gasteiger partial charge in [0, 0.05) is 43.4 Å². The second-order valence-electron chi connectivity index (χ2n) is 7.74. The number of piperidine rings is 1. The Morgan fingerprint density at radius 2 is 1.69 bits per heavy atom. The summed E-state index contributed by atoms with van der Waals surface area (Å²) in [6.07, 6.45) is 7.13. The minimum atomic E-state index is 0.190. The van der Waals surface area contributed by atoms with E-state index in [1.165, 1.54) is 41.6 Å². The first-order valence-corrected chi connectivity index (χ1v) is 11.2. The lowest BCUT2D eigenvalue weighted by molar-refractivity contribution is 0.284. The SMILES string of the molecule is OCCCCc1ccc(Cl)cc1-c1cccc(NCCCO)c1N1CCCCC1. The molecule has 29 heavy (non-hydrogen) atoms. The molecule has 1 saturated heterocycles. The van der Waals surface area contributed by atoms with E-state index in [4.69, 9.17) is 11.6 Å². The van der Waals surface area contributed by atoms with E-state index in [1.54, 1.807) is 0 Å². The minimum absolute atomic E-state index is 0.190. The molecule has 1 aliphatic rings. The van der Waals surface area contributed by atoms with Crippen LogP contribution < -0.4 is 10.2 Å². The van der Waals surface area contributed by atoms with Gasteiger partial charge < -0.3 is 20.4 Å². The Balaban J connectivity index is 2.03. The highest BCUT2D eigenvalue weighted by Gasteiger charge is 2.20. The lowest BCUT2D eigenvalue weighted by Crippen LogP contribution is -2.30. The molecule has 1 heterocycles. The topological polar surface area (TPSA) is 55.7 Å². The Morgan fingerprint density at radius 3 is 2.45 bits per heavy atom. The summed E-state index contributed by atoms with van der Waals surface area (Å²) in [4.78, 5) is 2.50. The summed E-state index contributed by atoms with van der Waals surface area (Å²) in [7, 11) is 0. The van der Waals surface area contributed by atoms with Crippen LogP contribution in [0.5, 0.6) is 0 Å². The number of benzene rings is 2. The van der Waals surface area contributed by atoms with Crippen LogP contribution in [0.15, 0.2) is 36.4 Å². The number of nitrogens with zero attached hydrogens (tertiary/aromatic N) is 1. The maximum Gasteiger partial charge on any atom is 0.0681 e. The molecule has 1 aliphatic heterocycles. The Morgan fingerprint density at radius 1 is 0.897 bits per heavy atom. The third-order valence-electron chi connectivity index (χ3n) is 5.57. The molecular formula is C24H33ClN2O2. The summed E-state index contributed by atoms with van der Waals surface area (Å²) in [5, 5.41) is 22.6. The maximum atomic E-state index is 9.18. The summed E-state index contributed by atoms with van der Waals surface area (Å²) in [5.74, 6) is 0. The number of aliphatic hydroxyl groups is 2. The van der Waals surface area contributed by atoms with Gasteiger partial charge in [-0.2, -0.15) is 0 Å². The third kappa shape index (κ3) is 5.88. The fourth-order valence-electron chi connectivity index (χ4n) is 4.11. The summed E-state index contributed by atoms with van der Waals surface area (Å²) in [5.41, 5.74) is 6.03. The molecule has 0 radical (unpaired) electrons. The number of hydrogen-bond donors (Lipinski definition) is 3. The van der Waals surface area contributed by atoms with Crippen LogP contribution >= 0.6 is 11.6 Å². The van der Waals surface area contributed by atoms with Gasteiger partial charge in [0.15, 0.2) is 0 Å². The molecule has 0 aromatic heterocycles. The second kappa shape index (κ2) is 11.4. The van der Waals surface area contributed by atoms with Crippen molar-refractivity contribution in [3.63, 3.8) is 0 Å². The van der Waals surface area contributed by atoms with E-state index in [-0.39, 0.29) is 13.2 Å². The van der Waals surface area contributed by atoms with Crippen molar-refractivity contribution in [3.8, 4) is 11.1 Å². The molecule has 0 bridgehead atoms. The van der Waals surface area contributed by atoms with Crippen LogP contribution in [0.3, 0.4) is 0 Å². The van der Waals surface area contributed by atoms with E-state index < -0.39 is 0 Å². The quantitative estimate of drug-likeness (QED) is 0.471. The van der Waals surface area contributed by atoms with Gasteiger partial charge in [0.2, 0.25) is 0 Å². The van der Waals surface area contributed by atoms with E-state index in [0.717, 1.165) is 56.0 Å². The summed E-state index contributed by atoms with van der Waals surface area (Å²) in [6, 6.07) is 12.6. The summed E-state index contributed by atoms with van der Waals surface area (Å²) >= 11 is 6.41. The van der Waals surface area contributed by atoms with Gasteiger partial charge in [-0.15, -0.1) is 0 Å². The zero-order valence-corrected chi connectivity index (χ0v) is 17.9. The Kier molecular flexibility index (Phi) is 8.66. The molecule has 2 aromatic rings. The Labute approximate surface area is 179 Å². The number of halogens is 1. The molecule has 5 heteroatoms. The van der Waals surface area contributed by atoms with Crippen molar-refractivity contribution in [2.24, 2.45) is 0 Å². The van der Waals surface area contributed by atoms with Crippen LogP contribution in [0.25, 0.3) is 11.1 Å². The number of nitrogens with one attached hydrogen (secondary N) is 1. The molecular weight excluding hydrogens is 384 g/mol. The molecule has 0 aliphatic carbocycles. The highest BCUT2D eigenvalue weighted by atomic mass is 35.5. The van der Waals surface area contributed by atoms with Gasteiger partial charge in [0.05, 0.1) is 11.4 Å². The molecule has 0 saturated carbocycles. The lowest BCUT2D eigenvalue weighted by atomic mass is 9.93. The van der Waals surface area contributed by atoms with Crippen molar-refractivity contribution in [1.82, 2.24) is 0 Å². The first-order valence-electron chi connectivity index (χ1n) is 10.9. The lowest BCUT2D eigenvalue weighted by Gasteiger charge is -2.33. The standard InChI is InChI=1S/C24H33ClN2O2/c25-20-12-11-19(8-2-5-16-28)22(18-20)21-9-6-10-23(26-13-7-17-29)24(21)27-14-3-1-4-15-27/h6,9-12,18,26,28-29H,1-5,7-8,13-17H2. The van der Waals surface area contributed by atoms with E-state index in [9.17, 15) is 10.2 Å². The first kappa shape index (κ1) is 21.9. The van der Waals surface area contributed by atoms with Crippen molar-refractivity contribution >= 4 is 23.0 Å². The third-order valence-corrected chi connectivity index (χ3v) is 5.81. The van der Waals surface area contributed by atoms with Crippen molar-refractivity contribution in [2.45, 2.75) is 44.9 Å². The average molecular weight is 417 g/mol. The van der Waals surface area contributed by atoms with Gasteiger partial charge in [-0.25, -0.2) is 0 Å². The van der Waals surface area contributed by atoms with E-state index in [2.05, 4.69) is 40.5 Å². The van der Waals surface area contributed by atoms with Crippen LogP contribution in [-0.2, 0) is 6.42 Å². The number of hydrogen-bond acceptors (Lipinski definition) is 4. The monoisotopic (exact) mass is 416 g/mol. The van der Waals surface area contributed by atoms with Gasteiger partial charge in [0.1, 0.15) is 0 Å². The van der Waals surface area contributed by atoms with Gasteiger partial charge in [0.25, 0.3) is 0 Å². The van der Waals surface area contributed by atoms with E-state index >= 15 is 0 Å². The van der Waals surface area contributed by atoms with Crippen molar-refractivity contribution < 1.29 is 10.2 Å². The second-order valence-corrected chi connectivity index (χ2v) is 8.17. The number of rotatable bonds is 10. The molecule has 158 valence electrons. The number of anilines is 2.